The van der Waals surface area contributed by atoms with Gasteiger partial charge in [-0.1, -0.05) is 13.8 Å². The molecule has 2 aliphatic rings. The second kappa shape index (κ2) is 5.50. The van der Waals surface area contributed by atoms with Gasteiger partial charge in [-0.15, -0.1) is 0 Å². The third kappa shape index (κ3) is 2.77. The molecule has 1 unspecified atom stereocenters. The van der Waals surface area contributed by atoms with Gasteiger partial charge in [-0.3, -0.25) is 15.1 Å². The third-order valence-corrected chi connectivity index (χ3v) is 3.72. The van der Waals surface area contributed by atoms with E-state index in [1.165, 1.54) is 11.1 Å². The van der Waals surface area contributed by atoms with Crippen LogP contribution in [0.4, 0.5) is 13.2 Å². The molecule has 9 heteroatoms. The molecule has 1 amide bonds. The highest BCUT2D eigenvalue weighted by molar-refractivity contribution is 6.02. The number of carbonyl (C=O) groups excluding carboxylic acids is 1. The van der Waals surface area contributed by atoms with Crippen molar-refractivity contribution in [1.29, 1.82) is 0 Å². The van der Waals surface area contributed by atoms with Crippen molar-refractivity contribution >= 4 is 11.6 Å². The molecule has 0 radical (unpaired) electrons. The van der Waals surface area contributed by atoms with Crippen LogP contribution in [-0.4, -0.2) is 28.9 Å². The highest BCUT2D eigenvalue weighted by atomic mass is 19.4. The first-order valence-corrected chi connectivity index (χ1v) is 7.14. The SMILES string of the molecule is CC(C)C1=C(c2ccnc(C(F)(F)F)c2)NC2NCNN2C1=O. The van der Waals surface area contributed by atoms with E-state index in [2.05, 4.69) is 21.0 Å². The third-order valence-electron chi connectivity index (χ3n) is 3.72. The Labute approximate surface area is 130 Å². The maximum atomic E-state index is 12.9. The number of pyridine rings is 1. The molecule has 124 valence electrons. The number of aromatic nitrogens is 1. The summed E-state index contributed by atoms with van der Waals surface area (Å²) in [7, 11) is 0. The summed E-state index contributed by atoms with van der Waals surface area (Å²) in [5, 5.41) is 7.50. The molecule has 1 atom stereocenters. The maximum absolute atomic E-state index is 12.9. The molecule has 0 saturated carbocycles. The van der Waals surface area contributed by atoms with Gasteiger partial charge in [0.1, 0.15) is 5.69 Å². The minimum atomic E-state index is -4.54. The van der Waals surface area contributed by atoms with Crippen LogP contribution >= 0.6 is 0 Å². The summed E-state index contributed by atoms with van der Waals surface area (Å²) in [6.07, 6.45) is -3.93. The molecule has 1 fully saturated rings. The summed E-state index contributed by atoms with van der Waals surface area (Å²) in [6.45, 7) is 4.04. The van der Waals surface area contributed by atoms with E-state index in [1.54, 1.807) is 0 Å². The van der Waals surface area contributed by atoms with Crippen LogP contribution in [0.15, 0.2) is 23.9 Å². The molecule has 23 heavy (non-hydrogen) atoms. The minimum absolute atomic E-state index is 0.157. The molecule has 3 rings (SSSR count). The summed E-state index contributed by atoms with van der Waals surface area (Å²) in [4.78, 5) is 16.0. The van der Waals surface area contributed by atoms with Gasteiger partial charge >= 0.3 is 6.18 Å². The number of nitrogens with one attached hydrogen (secondary N) is 3. The number of rotatable bonds is 2. The van der Waals surface area contributed by atoms with E-state index in [9.17, 15) is 18.0 Å². The zero-order valence-corrected chi connectivity index (χ0v) is 12.5. The number of hydrazine groups is 1. The van der Waals surface area contributed by atoms with E-state index in [1.807, 2.05) is 13.8 Å². The largest absolute Gasteiger partial charge is 0.433 e. The van der Waals surface area contributed by atoms with Gasteiger partial charge in [-0.2, -0.15) is 13.2 Å². The van der Waals surface area contributed by atoms with E-state index in [4.69, 9.17) is 0 Å². The van der Waals surface area contributed by atoms with Gasteiger partial charge in [-0.25, -0.2) is 10.4 Å². The zero-order valence-electron chi connectivity index (χ0n) is 12.5. The lowest BCUT2D eigenvalue weighted by Gasteiger charge is -2.34. The number of nitrogens with zero attached hydrogens (tertiary/aromatic N) is 2. The van der Waals surface area contributed by atoms with Gasteiger partial charge < -0.3 is 5.32 Å². The Morgan fingerprint density at radius 1 is 1.39 bits per heavy atom. The molecule has 0 bridgehead atoms. The molecular weight excluding hydrogens is 311 g/mol. The number of alkyl halides is 3. The first-order chi connectivity index (χ1) is 10.8. The number of fused-ring (bicyclic) bond motifs is 1. The highest BCUT2D eigenvalue weighted by Gasteiger charge is 2.39. The lowest BCUT2D eigenvalue weighted by molar-refractivity contribution is -0.141. The summed E-state index contributed by atoms with van der Waals surface area (Å²) < 4.78 is 38.7. The summed E-state index contributed by atoms with van der Waals surface area (Å²) in [5.41, 5.74) is 3.01. The number of halogens is 3. The monoisotopic (exact) mass is 327 g/mol. The number of hydrogen-bond donors (Lipinski definition) is 3. The first-order valence-electron chi connectivity index (χ1n) is 7.14. The average molecular weight is 327 g/mol. The molecule has 2 aliphatic heterocycles. The minimum Gasteiger partial charge on any atom is -0.351 e. The van der Waals surface area contributed by atoms with E-state index >= 15 is 0 Å². The van der Waals surface area contributed by atoms with Crippen LogP contribution in [0.25, 0.3) is 5.70 Å². The fourth-order valence-corrected chi connectivity index (χ4v) is 2.68. The number of amides is 1. The Balaban J connectivity index is 2.10. The average Bonchev–Trinajstić information content (AvgIpc) is 2.94. The predicted molar refractivity (Wildman–Crippen MR) is 75.9 cm³/mol. The van der Waals surface area contributed by atoms with E-state index in [0.29, 0.717) is 17.9 Å². The van der Waals surface area contributed by atoms with Crippen LogP contribution in [0, 0.1) is 5.92 Å². The second-order valence-corrected chi connectivity index (χ2v) is 5.63. The Bertz CT molecular complexity index is 671. The van der Waals surface area contributed by atoms with Gasteiger partial charge in [0.2, 0.25) is 0 Å². The van der Waals surface area contributed by atoms with E-state index in [-0.39, 0.29) is 17.4 Å². The molecule has 1 aromatic rings. The van der Waals surface area contributed by atoms with Crippen LogP contribution in [0.2, 0.25) is 0 Å². The zero-order chi connectivity index (χ0) is 16.8. The summed E-state index contributed by atoms with van der Waals surface area (Å²) in [6, 6.07) is 2.42. The van der Waals surface area contributed by atoms with Crippen molar-refractivity contribution in [2.45, 2.75) is 26.3 Å². The quantitative estimate of drug-likeness (QED) is 0.763. The van der Waals surface area contributed by atoms with Gasteiger partial charge in [0.25, 0.3) is 5.91 Å². The van der Waals surface area contributed by atoms with Crippen LogP contribution in [-0.2, 0) is 11.0 Å². The Morgan fingerprint density at radius 3 is 2.78 bits per heavy atom. The first kappa shape index (κ1) is 15.8. The molecule has 3 N–H and O–H groups in total. The summed E-state index contributed by atoms with van der Waals surface area (Å²) in [5.74, 6) is -0.412. The van der Waals surface area contributed by atoms with Crippen LogP contribution in [0.5, 0.6) is 0 Å². The molecule has 0 aromatic carbocycles. The normalized spacial score (nSPS) is 21.7. The van der Waals surface area contributed by atoms with Crippen molar-refractivity contribution in [3.05, 3.63) is 35.2 Å². The standard InChI is InChI=1S/C14H16F3N5O/c1-7(2)10-11(21-13-19-6-20-22(13)12(10)23)8-3-4-18-9(5-8)14(15,16)17/h3-5,7,13,19-21H,6H2,1-2H3. The smallest absolute Gasteiger partial charge is 0.351 e. The molecular formula is C14H16F3N5O. The van der Waals surface area contributed by atoms with Gasteiger partial charge in [-0.05, 0) is 18.1 Å². The number of hydrogen-bond acceptors (Lipinski definition) is 5. The summed E-state index contributed by atoms with van der Waals surface area (Å²) >= 11 is 0. The topological polar surface area (TPSA) is 69.3 Å². The second-order valence-electron chi connectivity index (χ2n) is 5.63. The van der Waals surface area contributed by atoms with E-state index < -0.39 is 18.2 Å². The molecule has 0 aliphatic carbocycles. The van der Waals surface area contributed by atoms with Crippen LogP contribution in [0.1, 0.15) is 25.1 Å². The Hall–Kier alpha value is -2.13. The van der Waals surface area contributed by atoms with Gasteiger partial charge in [0, 0.05) is 17.3 Å². The highest BCUT2D eigenvalue weighted by Crippen LogP contribution is 2.32. The molecule has 6 nitrogen and oxygen atoms in total. The Kier molecular flexibility index (Phi) is 3.77. The van der Waals surface area contributed by atoms with Crippen molar-refractivity contribution in [2.24, 2.45) is 5.92 Å². The lowest BCUT2D eigenvalue weighted by Crippen LogP contribution is -2.56. The molecule has 1 saturated heterocycles. The van der Waals surface area contributed by atoms with Crippen molar-refractivity contribution in [3.63, 3.8) is 0 Å². The molecule has 1 aromatic heterocycles. The van der Waals surface area contributed by atoms with E-state index in [0.717, 1.165) is 12.3 Å². The predicted octanol–water partition coefficient (Wildman–Crippen LogP) is 1.25. The Morgan fingerprint density at radius 2 is 2.13 bits per heavy atom. The maximum Gasteiger partial charge on any atom is 0.433 e. The fourth-order valence-electron chi connectivity index (χ4n) is 2.68. The van der Waals surface area contributed by atoms with Crippen molar-refractivity contribution in [1.82, 2.24) is 26.1 Å². The van der Waals surface area contributed by atoms with Gasteiger partial charge in [0.15, 0.2) is 6.29 Å². The molecule has 0 spiro atoms. The fraction of sp³-hybridized carbons (Fsp3) is 0.429. The lowest BCUT2D eigenvalue weighted by atomic mass is 9.94. The number of carbonyl (C=O) groups is 1. The van der Waals surface area contributed by atoms with Crippen molar-refractivity contribution < 1.29 is 18.0 Å². The van der Waals surface area contributed by atoms with Crippen LogP contribution < -0.4 is 16.1 Å². The molecule has 3 heterocycles. The van der Waals surface area contributed by atoms with Gasteiger partial charge in [0.05, 0.1) is 12.4 Å². The van der Waals surface area contributed by atoms with Crippen LogP contribution in [0.3, 0.4) is 0 Å². The van der Waals surface area contributed by atoms with Crippen molar-refractivity contribution in [3.8, 4) is 0 Å². The van der Waals surface area contributed by atoms with Crippen molar-refractivity contribution in [2.75, 3.05) is 6.67 Å².